The molecule has 12 heavy (non-hydrogen) atoms. The molecule has 4 heteroatoms. The summed E-state index contributed by atoms with van der Waals surface area (Å²) < 4.78 is 1.67. The first-order chi connectivity index (χ1) is 5.90. The molecule has 0 fully saturated rings. The standard InChI is InChI=1S/C8H8N3O/c12-5-3-7-6-11-8(10-7)2-1-4-9-11/h1-2,4,6H,3,5H2. The first-order valence-electron chi connectivity index (χ1n) is 3.77. The van der Waals surface area contributed by atoms with Crippen molar-refractivity contribution in [3.05, 3.63) is 30.2 Å². The highest BCUT2D eigenvalue weighted by Crippen LogP contribution is 2.02. The Kier molecular flexibility index (Phi) is 1.75. The predicted octanol–water partition coefficient (Wildman–Crippen LogP) is 0.702. The average molecular weight is 162 g/mol. The van der Waals surface area contributed by atoms with Gasteiger partial charge in [-0.2, -0.15) is 5.10 Å². The number of rotatable bonds is 2. The van der Waals surface area contributed by atoms with Crippen LogP contribution < -0.4 is 0 Å². The summed E-state index contributed by atoms with van der Waals surface area (Å²) in [4.78, 5) is 4.20. The fourth-order valence-corrected chi connectivity index (χ4v) is 1.11. The molecule has 0 N–H and O–H groups in total. The van der Waals surface area contributed by atoms with Gasteiger partial charge >= 0.3 is 0 Å². The molecular formula is C8H8N3O. The molecule has 0 unspecified atom stereocenters. The van der Waals surface area contributed by atoms with Crippen LogP contribution in [0.15, 0.2) is 24.5 Å². The number of imidazole rings is 1. The van der Waals surface area contributed by atoms with Crippen LogP contribution in [0.5, 0.6) is 0 Å². The largest absolute Gasteiger partial charge is 0.236 e. The van der Waals surface area contributed by atoms with Crippen molar-refractivity contribution in [1.29, 1.82) is 0 Å². The molecule has 0 saturated heterocycles. The second-order valence-corrected chi connectivity index (χ2v) is 2.51. The van der Waals surface area contributed by atoms with Gasteiger partial charge in [0.15, 0.2) is 5.65 Å². The van der Waals surface area contributed by atoms with Gasteiger partial charge < -0.3 is 0 Å². The third-order valence-electron chi connectivity index (χ3n) is 1.64. The van der Waals surface area contributed by atoms with E-state index in [1.54, 1.807) is 16.9 Å². The van der Waals surface area contributed by atoms with Crippen molar-refractivity contribution in [2.45, 2.75) is 6.42 Å². The Bertz CT molecular complexity index is 349. The molecule has 0 bridgehead atoms. The van der Waals surface area contributed by atoms with Crippen LogP contribution in [0, 0.1) is 0 Å². The van der Waals surface area contributed by atoms with Gasteiger partial charge in [0.1, 0.15) is 0 Å². The summed E-state index contributed by atoms with van der Waals surface area (Å²) >= 11 is 0. The molecule has 0 saturated carbocycles. The Morgan fingerprint density at radius 3 is 3.17 bits per heavy atom. The van der Waals surface area contributed by atoms with Crippen molar-refractivity contribution in [2.75, 3.05) is 6.61 Å². The first-order valence-corrected chi connectivity index (χ1v) is 3.77. The lowest BCUT2D eigenvalue weighted by Gasteiger charge is -1.85. The Morgan fingerprint density at radius 1 is 1.50 bits per heavy atom. The Morgan fingerprint density at radius 2 is 2.42 bits per heavy atom. The third kappa shape index (κ3) is 1.16. The van der Waals surface area contributed by atoms with E-state index in [9.17, 15) is 5.11 Å². The van der Waals surface area contributed by atoms with Crippen LogP contribution >= 0.6 is 0 Å². The van der Waals surface area contributed by atoms with Gasteiger partial charge in [-0.3, -0.25) is 0 Å². The molecule has 1 radical (unpaired) electrons. The highest BCUT2D eigenvalue weighted by molar-refractivity contribution is 5.37. The van der Waals surface area contributed by atoms with E-state index in [1.165, 1.54) is 0 Å². The predicted molar refractivity (Wildman–Crippen MR) is 42.2 cm³/mol. The van der Waals surface area contributed by atoms with Crippen LogP contribution in [-0.4, -0.2) is 21.2 Å². The van der Waals surface area contributed by atoms with E-state index in [4.69, 9.17) is 0 Å². The zero-order valence-electron chi connectivity index (χ0n) is 6.47. The fourth-order valence-electron chi connectivity index (χ4n) is 1.11. The van der Waals surface area contributed by atoms with Gasteiger partial charge in [-0.15, -0.1) is 0 Å². The van der Waals surface area contributed by atoms with Gasteiger partial charge in [-0.05, 0) is 12.1 Å². The minimum absolute atomic E-state index is 0.121. The molecule has 0 aliphatic heterocycles. The summed E-state index contributed by atoms with van der Waals surface area (Å²) in [5.74, 6) is 0. The van der Waals surface area contributed by atoms with E-state index < -0.39 is 0 Å². The number of fused-ring (bicyclic) bond motifs is 1. The summed E-state index contributed by atoms with van der Waals surface area (Å²) in [6.45, 7) is -0.121. The molecule has 0 atom stereocenters. The van der Waals surface area contributed by atoms with E-state index in [-0.39, 0.29) is 6.61 Å². The van der Waals surface area contributed by atoms with E-state index in [0.717, 1.165) is 11.3 Å². The number of nitrogens with zero attached hydrogens (tertiary/aromatic N) is 3. The Labute approximate surface area is 69.5 Å². The highest BCUT2D eigenvalue weighted by Gasteiger charge is 1.99. The van der Waals surface area contributed by atoms with Gasteiger partial charge in [0, 0.05) is 12.6 Å². The maximum Gasteiger partial charge on any atom is 0.153 e. The second-order valence-electron chi connectivity index (χ2n) is 2.51. The topological polar surface area (TPSA) is 50.1 Å². The normalized spacial score (nSPS) is 10.8. The van der Waals surface area contributed by atoms with Gasteiger partial charge in [0.25, 0.3) is 0 Å². The van der Waals surface area contributed by atoms with Crippen LogP contribution in [0.1, 0.15) is 5.69 Å². The maximum atomic E-state index is 10.3. The van der Waals surface area contributed by atoms with Crippen LogP contribution in [0.4, 0.5) is 0 Å². The summed E-state index contributed by atoms with van der Waals surface area (Å²) in [6, 6.07) is 3.69. The minimum Gasteiger partial charge on any atom is -0.236 e. The monoisotopic (exact) mass is 162 g/mol. The van der Waals surface area contributed by atoms with Crippen molar-refractivity contribution in [3.8, 4) is 0 Å². The molecular weight excluding hydrogens is 154 g/mol. The number of aromatic nitrogens is 3. The quantitative estimate of drug-likeness (QED) is 0.652. The molecule has 2 aromatic rings. The molecule has 2 heterocycles. The average Bonchev–Trinajstić information content (AvgIpc) is 2.47. The summed E-state index contributed by atoms with van der Waals surface area (Å²) in [5.41, 5.74) is 1.60. The Balaban J connectivity index is 2.47. The van der Waals surface area contributed by atoms with Gasteiger partial charge in [0.2, 0.25) is 0 Å². The lowest BCUT2D eigenvalue weighted by Crippen LogP contribution is -1.88. The molecule has 0 amide bonds. The van der Waals surface area contributed by atoms with Crippen molar-refractivity contribution in [1.82, 2.24) is 14.6 Å². The molecule has 0 aliphatic carbocycles. The van der Waals surface area contributed by atoms with Crippen molar-refractivity contribution in [3.63, 3.8) is 0 Å². The number of hydrogen-bond donors (Lipinski definition) is 0. The summed E-state index contributed by atoms with van der Waals surface area (Å²) in [5, 5.41) is 14.3. The molecule has 0 spiro atoms. The molecule has 2 rings (SSSR count). The zero-order chi connectivity index (χ0) is 8.39. The summed E-state index contributed by atoms with van der Waals surface area (Å²) in [7, 11) is 0. The van der Waals surface area contributed by atoms with Crippen LogP contribution in [0.25, 0.3) is 5.65 Å². The summed E-state index contributed by atoms with van der Waals surface area (Å²) in [6.07, 6.45) is 3.95. The number of hydrogen-bond acceptors (Lipinski definition) is 2. The lowest BCUT2D eigenvalue weighted by molar-refractivity contribution is 0.196. The van der Waals surface area contributed by atoms with E-state index >= 15 is 0 Å². The molecule has 0 aliphatic rings. The zero-order valence-corrected chi connectivity index (χ0v) is 6.47. The lowest BCUT2D eigenvalue weighted by atomic mass is 10.4. The van der Waals surface area contributed by atoms with Crippen LogP contribution in [-0.2, 0) is 11.5 Å². The van der Waals surface area contributed by atoms with Gasteiger partial charge in [-0.25, -0.2) is 14.6 Å². The molecule has 2 aromatic heterocycles. The van der Waals surface area contributed by atoms with Crippen molar-refractivity contribution < 1.29 is 5.11 Å². The second kappa shape index (κ2) is 2.91. The van der Waals surface area contributed by atoms with Crippen molar-refractivity contribution >= 4 is 5.65 Å². The third-order valence-corrected chi connectivity index (χ3v) is 1.64. The highest BCUT2D eigenvalue weighted by atomic mass is 16.3. The smallest absolute Gasteiger partial charge is 0.153 e. The van der Waals surface area contributed by atoms with E-state index in [0.29, 0.717) is 6.42 Å². The SMILES string of the molecule is [O]CCc1cn2ncccc2n1. The molecule has 61 valence electrons. The van der Waals surface area contributed by atoms with Crippen molar-refractivity contribution in [2.24, 2.45) is 0 Å². The van der Waals surface area contributed by atoms with Gasteiger partial charge in [-0.1, -0.05) is 0 Å². The van der Waals surface area contributed by atoms with E-state index in [1.807, 2.05) is 12.1 Å². The van der Waals surface area contributed by atoms with Crippen LogP contribution in [0.3, 0.4) is 0 Å². The first kappa shape index (κ1) is 7.24. The molecule has 0 aromatic carbocycles. The Hall–Kier alpha value is -1.42. The van der Waals surface area contributed by atoms with Gasteiger partial charge in [0.05, 0.1) is 18.5 Å². The minimum atomic E-state index is -0.121. The molecule has 4 nitrogen and oxygen atoms in total. The van der Waals surface area contributed by atoms with Crippen LogP contribution in [0.2, 0.25) is 0 Å². The fraction of sp³-hybridized carbons (Fsp3) is 0.250. The van der Waals surface area contributed by atoms with E-state index in [2.05, 4.69) is 10.1 Å². The maximum absolute atomic E-state index is 10.3.